The summed E-state index contributed by atoms with van der Waals surface area (Å²) in [5.74, 6) is 0.494. The van der Waals surface area contributed by atoms with Gasteiger partial charge in [-0.25, -0.2) is 0 Å². The van der Waals surface area contributed by atoms with Crippen molar-refractivity contribution in [2.24, 2.45) is 0 Å². The summed E-state index contributed by atoms with van der Waals surface area (Å²) in [5, 5.41) is 9.91. The number of unbranched alkanes of at least 4 members (excludes halogenated alkanes) is 5. The molecule has 0 atom stereocenters. The number of methoxy groups -OCH3 is 1. The Morgan fingerprint density at radius 1 is 0.667 bits per heavy atom. The van der Waals surface area contributed by atoms with Crippen molar-refractivity contribution in [3.05, 3.63) is 105 Å². The molecule has 3 aromatic carbocycles. The number of hydrogen-bond donors (Lipinski definition) is 1. The van der Waals surface area contributed by atoms with Crippen LogP contribution in [0.3, 0.4) is 0 Å². The molecule has 8 heteroatoms. The topological polar surface area (TPSA) is 112 Å². The number of rotatable bonds is 22. The van der Waals surface area contributed by atoms with E-state index in [1.165, 1.54) is 25.0 Å². The Kier molecular flexibility index (Phi) is 15.0. The van der Waals surface area contributed by atoms with Gasteiger partial charge in [0.1, 0.15) is 17.1 Å². The minimum atomic E-state index is -0.827. The molecule has 1 heterocycles. The second-order valence-electron chi connectivity index (χ2n) is 12.1. The maximum absolute atomic E-state index is 12.5. The number of carbonyl (C=O) groups excluding carboxylic acids is 1. The average Bonchev–Trinajstić information content (AvgIpc) is 3.09. The highest BCUT2D eigenvalue weighted by atomic mass is 16.5. The van der Waals surface area contributed by atoms with Crippen molar-refractivity contribution in [1.29, 1.82) is 0 Å². The molecular formula is C40H48O8. The molecule has 48 heavy (non-hydrogen) atoms. The second-order valence-corrected chi connectivity index (χ2v) is 12.1. The monoisotopic (exact) mass is 656 g/mol. The highest BCUT2D eigenvalue weighted by molar-refractivity contribution is 5.82. The first-order valence-electron chi connectivity index (χ1n) is 17.2. The van der Waals surface area contributed by atoms with Crippen LogP contribution in [0.5, 0.6) is 11.5 Å². The summed E-state index contributed by atoms with van der Waals surface area (Å²) in [5.41, 5.74) is 4.88. The van der Waals surface area contributed by atoms with E-state index in [4.69, 9.17) is 13.9 Å². The maximum atomic E-state index is 12.5. The van der Waals surface area contributed by atoms with Gasteiger partial charge in [-0.05, 0) is 99.1 Å². The van der Waals surface area contributed by atoms with Gasteiger partial charge in [-0.15, -0.1) is 0 Å². The Bertz CT molecular complexity index is 1640. The van der Waals surface area contributed by atoms with E-state index >= 15 is 0 Å². The molecule has 0 saturated heterocycles. The van der Waals surface area contributed by atoms with Crippen LogP contribution >= 0.6 is 0 Å². The van der Waals surface area contributed by atoms with E-state index in [0.717, 1.165) is 98.8 Å². The van der Waals surface area contributed by atoms with Gasteiger partial charge in [0.2, 0.25) is 0 Å². The number of carboxylic acids is 1. The third-order valence-electron chi connectivity index (χ3n) is 8.55. The number of carbonyl (C=O) groups is 2. The van der Waals surface area contributed by atoms with Crippen LogP contribution in [0.2, 0.25) is 0 Å². The van der Waals surface area contributed by atoms with Crippen LogP contribution < -0.4 is 14.9 Å². The predicted molar refractivity (Wildman–Crippen MR) is 187 cm³/mol. The Balaban J connectivity index is 1.26. The van der Waals surface area contributed by atoms with Crippen LogP contribution in [0.25, 0.3) is 11.0 Å². The number of ether oxygens (including phenoxy) is 3. The Hall–Kier alpha value is -4.59. The molecule has 4 rings (SSSR count). The molecule has 1 N–H and O–H groups in total. The van der Waals surface area contributed by atoms with Gasteiger partial charge in [-0.2, -0.15) is 0 Å². The van der Waals surface area contributed by atoms with Crippen molar-refractivity contribution in [2.75, 3.05) is 20.3 Å². The molecule has 8 nitrogen and oxygen atoms in total. The van der Waals surface area contributed by atoms with Gasteiger partial charge in [0.25, 0.3) is 0 Å². The summed E-state index contributed by atoms with van der Waals surface area (Å²) in [6, 6.07) is 21.5. The molecule has 0 aliphatic carbocycles. The summed E-state index contributed by atoms with van der Waals surface area (Å²) >= 11 is 0. The zero-order valence-corrected chi connectivity index (χ0v) is 28.0. The molecule has 0 unspecified atom stereocenters. The lowest BCUT2D eigenvalue weighted by Gasteiger charge is -2.16. The highest BCUT2D eigenvalue weighted by Crippen LogP contribution is 2.29. The fourth-order valence-corrected chi connectivity index (χ4v) is 5.96. The third-order valence-corrected chi connectivity index (χ3v) is 8.55. The minimum absolute atomic E-state index is 0.0519. The lowest BCUT2D eigenvalue weighted by Crippen LogP contribution is -2.06. The largest absolute Gasteiger partial charge is 0.493 e. The standard InChI is InChI=1S/C40H48O8/c1-45-39(44)21-9-5-11-28-46-36-20-13-18-31(32(36)23-25-38(42)43)17-8-2-3-10-27-47-37-24-22-33-35(41)26-29-48-40(33)34(37)19-12-16-30-14-6-4-7-15-30/h4,6-7,13-15,18,20,22,24,26,29H,2-3,5,8-12,16-17,19,21,23,25,27-28H2,1H3,(H,42,43). The molecular weight excluding hydrogens is 608 g/mol. The van der Waals surface area contributed by atoms with E-state index in [-0.39, 0.29) is 17.8 Å². The SMILES string of the molecule is COC(=O)CCCCCOc1cccc(CCCCCCOc2ccc3c(=O)ccoc3c2CCCc2ccccc2)c1CCC(=O)O. The summed E-state index contributed by atoms with van der Waals surface area (Å²) in [6.07, 6.45) is 12.1. The molecule has 0 spiro atoms. The molecule has 256 valence electrons. The van der Waals surface area contributed by atoms with Gasteiger partial charge in [-0.1, -0.05) is 55.3 Å². The first-order chi connectivity index (χ1) is 23.5. The Morgan fingerprint density at radius 2 is 1.40 bits per heavy atom. The first kappa shape index (κ1) is 36.2. The molecule has 0 aliphatic rings. The van der Waals surface area contributed by atoms with Crippen LogP contribution in [-0.2, 0) is 40.0 Å². The van der Waals surface area contributed by atoms with Crippen LogP contribution in [0.15, 0.2) is 82.2 Å². The van der Waals surface area contributed by atoms with Crippen molar-refractivity contribution in [3.8, 4) is 11.5 Å². The molecule has 4 aromatic rings. The smallest absolute Gasteiger partial charge is 0.305 e. The summed E-state index contributed by atoms with van der Waals surface area (Å²) in [7, 11) is 1.40. The van der Waals surface area contributed by atoms with Crippen LogP contribution in [-0.4, -0.2) is 37.4 Å². The number of carboxylic acid groups (broad SMARTS) is 1. The van der Waals surface area contributed by atoms with Crippen LogP contribution in [0.1, 0.15) is 86.5 Å². The quantitative estimate of drug-likeness (QED) is 0.0665. The fraction of sp³-hybridized carbons (Fsp3) is 0.425. The highest BCUT2D eigenvalue weighted by Gasteiger charge is 2.14. The van der Waals surface area contributed by atoms with E-state index in [1.54, 1.807) is 6.07 Å². The predicted octanol–water partition coefficient (Wildman–Crippen LogP) is 8.28. The molecule has 0 aliphatic heterocycles. The molecule has 0 bridgehead atoms. The van der Waals surface area contributed by atoms with Crippen LogP contribution in [0.4, 0.5) is 0 Å². The van der Waals surface area contributed by atoms with Gasteiger partial charge >= 0.3 is 11.9 Å². The number of hydrogen-bond acceptors (Lipinski definition) is 7. The van der Waals surface area contributed by atoms with Gasteiger partial charge in [0, 0.05) is 24.5 Å². The number of esters is 1. The van der Waals surface area contributed by atoms with Gasteiger partial charge in [0.05, 0.1) is 32.0 Å². The second kappa shape index (κ2) is 19.9. The van der Waals surface area contributed by atoms with Gasteiger partial charge in [-0.3, -0.25) is 14.4 Å². The Labute approximate surface area is 283 Å². The average molecular weight is 657 g/mol. The van der Waals surface area contributed by atoms with Crippen molar-refractivity contribution < 1.29 is 33.3 Å². The number of aryl methyl sites for hydroxylation is 3. The molecule has 0 radical (unpaired) electrons. The zero-order chi connectivity index (χ0) is 34.0. The summed E-state index contributed by atoms with van der Waals surface area (Å²) in [4.78, 5) is 35.1. The van der Waals surface area contributed by atoms with E-state index in [1.807, 2.05) is 36.4 Å². The minimum Gasteiger partial charge on any atom is -0.493 e. The molecule has 0 amide bonds. The molecule has 0 saturated carbocycles. The number of benzene rings is 3. The summed E-state index contributed by atoms with van der Waals surface area (Å²) in [6.45, 7) is 1.09. The van der Waals surface area contributed by atoms with Crippen LogP contribution in [0, 0.1) is 0 Å². The molecule has 1 aromatic heterocycles. The third kappa shape index (κ3) is 11.6. The zero-order valence-electron chi connectivity index (χ0n) is 28.0. The summed E-state index contributed by atoms with van der Waals surface area (Å²) < 4.78 is 22.9. The normalized spacial score (nSPS) is 11.0. The number of aliphatic carboxylic acids is 1. The first-order valence-corrected chi connectivity index (χ1v) is 17.2. The van der Waals surface area contributed by atoms with Gasteiger partial charge in [0.15, 0.2) is 5.43 Å². The molecule has 0 fully saturated rings. The lowest BCUT2D eigenvalue weighted by molar-refractivity contribution is -0.141. The van der Waals surface area contributed by atoms with E-state index < -0.39 is 5.97 Å². The van der Waals surface area contributed by atoms with E-state index in [9.17, 15) is 19.5 Å². The van der Waals surface area contributed by atoms with Crippen molar-refractivity contribution in [1.82, 2.24) is 0 Å². The Morgan fingerprint density at radius 3 is 2.15 bits per heavy atom. The van der Waals surface area contributed by atoms with Gasteiger partial charge < -0.3 is 23.7 Å². The number of fused-ring (bicyclic) bond motifs is 1. The van der Waals surface area contributed by atoms with E-state index in [2.05, 4.69) is 22.9 Å². The van der Waals surface area contributed by atoms with E-state index in [0.29, 0.717) is 37.0 Å². The lowest BCUT2D eigenvalue weighted by atomic mass is 9.97. The fourth-order valence-electron chi connectivity index (χ4n) is 5.96. The maximum Gasteiger partial charge on any atom is 0.305 e. The van der Waals surface area contributed by atoms with Crippen molar-refractivity contribution >= 4 is 22.9 Å². The van der Waals surface area contributed by atoms with Crippen molar-refractivity contribution in [3.63, 3.8) is 0 Å². The van der Waals surface area contributed by atoms with Crippen molar-refractivity contribution in [2.45, 2.75) is 89.9 Å².